The number of likely N-dealkylation sites (tertiary alicyclic amines) is 2. The molecule has 2 atom stereocenters. The lowest BCUT2D eigenvalue weighted by Gasteiger charge is -2.31. The summed E-state index contributed by atoms with van der Waals surface area (Å²) in [6, 6.07) is 0. The van der Waals surface area contributed by atoms with Crippen LogP contribution in [0, 0.1) is 47.3 Å². The van der Waals surface area contributed by atoms with E-state index in [1.54, 1.807) is 0 Å². The molecular weight excluding hydrogens is 462 g/mol. The standard InChI is InChI=1S/2C9H19N.C9H18.C8H17N/c1-8(2)9-4-6-10(3)7-5-9;1-8(2)9-5-4-6-10(3)7-9;1-8(2)9-6-4-3-5-7-9;1-7(2)8-4-3-5-9-6-8/h2*8-9H,4-7H2,1-3H3;8-9H,3-7H2,1-2H3;7-9H,3-6H2,1-2H3. The van der Waals surface area contributed by atoms with E-state index in [-0.39, 0.29) is 0 Å². The van der Waals surface area contributed by atoms with Crippen molar-refractivity contribution in [2.75, 3.05) is 53.4 Å². The molecule has 0 radical (unpaired) electrons. The summed E-state index contributed by atoms with van der Waals surface area (Å²) >= 11 is 0. The van der Waals surface area contributed by atoms with Gasteiger partial charge < -0.3 is 15.1 Å². The SMILES string of the molecule is CC(C)C1CCCCC1.CC(C)C1CCCN(C)C1.CC(C)C1CCCNC1.CC(C)C1CCN(C)CC1. The largest absolute Gasteiger partial charge is 0.316 e. The van der Waals surface area contributed by atoms with Crippen LogP contribution in [-0.4, -0.2) is 63.2 Å². The Morgan fingerprint density at radius 3 is 1.32 bits per heavy atom. The van der Waals surface area contributed by atoms with Gasteiger partial charge in [-0.2, -0.15) is 0 Å². The average Bonchev–Trinajstić information content (AvgIpc) is 2.91. The maximum absolute atomic E-state index is 3.42. The summed E-state index contributed by atoms with van der Waals surface area (Å²) in [6.07, 6.45) is 15.9. The molecule has 0 amide bonds. The van der Waals surface area contributed by atoms with Gasteiger partial charge in [0.25, 0.3) is 0 Å². The predicted molar refractivity (Wildman–Crippen MR) is 172 cm³/mol. The number of nitrogens with one attached hydrogen (secondary N) is 1. The second-order valence-electron chi connectivity index (χ2n) is 14.8. The highest BCUT2D eigenvalue weighted by Gasteiger charge is 2.20. The summed E-state index contributed by atoms with van der Waals surface area (Å²) in [4.78, 5) is 4.88. The van der Waals surface area contributed by atoms with Gasteiger partial charge in [-0.25, -0.2) is 0 Å². The van der Waals surface area contributed by atoms with Crippen molar-refractivity contribution in [1.29, 1.82) is 0 Å². The van der Waals surface area contributed by atoms with Gasteiger partial charge in [-0.05, 0) is 133 Å². The molecule has 1 aliphatic carbocycles. The summed E-state index contributed by atoms with van der Waals surface area (Å²) in [5.41, 5.74) is 0. The maximum atomic E-state index is 3.42. The zero-order chi connectivity index (χ0) is 28.5. The van der Waals surface area contributed by atoms with E-state index >= 15 is 0 Å². The molecule has 3 saturated heterocycles. The molecule has 1 saturated carbocycles. The Morgan fingerprint density at radius 1 is 0.474 bits per heavy atom. The van der Waals surface area contributed by atoms with Crippen LogP contribution in [0.5, 0.6) is 0 Å². The van der Waals surface area contributed by atoms with Crippen molar-refractivity contribution in [2.45, 2.75) is 126 Å². The van der Waals surface area contributed by atoms with E-state index in [0.717, 1.165) is 47.3 Å². The molecule has 0 aromatic heterocycles. The molecule has 1 N–H and O–H groups in total. The molecule has 2 unspecified atom stereocenters. The van der Waals surface area contributed by atoms with Gasteiger partial charge >= 0.3 is 0 Å². The van der Waals surface area contributed by atoms with E-state index in [0.29, 0.717) is 0 Å². The van der Waals surface area contributed by atoms with Crippen molar-refractivity contribution in [3.63, 3.8) is 0 Å². The summed E-state index contributed by atoms with van der Waals surface area (Å²) in [5, 5.41) is 3.42. The number of rotatable bonds is 4. The van der Waals surface area contributed by atoms with Gasteiger partial charge in [-0.15, -0.1) is 0 Å². The van der Waals surface area contributed by atoms with Gasteiger partial charge in [0.05, 0.1) is 0 Å². The van der Waals surface area contributed by atoms with E-state index in [1.165, 1.54) is 110 Å². The Balaban J connectivity index is 0.000000254. The monoisotopic (exact) mass is 536 g/mol. The van der Waals surface area contributed by atoms with Gasteiger partial charge in [-0.3, -0.25) is 0 Å². The molecule has 0 aromatic carbocycles. The van der Waals surface area contributed by atoms with E-state index in [2.05, 4.69) is 84.6 Å². The van der Waals surface area contributed by atoms with Crippen LogP contribution in [0.2, 0.25) is 0 Å². The first-order valence-electron chi connectivity index (χ1n) is 17.1. The number of hydrogen-bond acceptors (Lipinski definition) is 3. The molecule has 38 heavy (non-hydrogen) atoms. The molecule has 4 aliphatic rings. The lowest BCUT2D eigenvalue weighted by Crippen LogP contribution is -2.34. The van der Waals surface area contributed by atoms with E-state index in [1.807, 2.05) is 0 Å². The second kappa shape index (κ2) is 20.7. The minimum Gasteiger partial charge on any atom is -0.316 e. The molecule has 0 bridgehead atoms. The van der Waals surface area contributed by atoms with Crippen molar-refractivity contribution in [1.82, 2.24) is 15.1 Å². The lowest BCUT2D eigenvalue weighted by atomic mass is 9.82. The first-order valence-corrected chi connectivity index (χ1v) is 17.1. The van der Waals surface area contributed by atoms with Crippen molar-refractivity contribution in [3.05, 3.63) is 0 Å². The van der Waals surface area contributed by atoms with Crippen LogP contribution in [0.15, 0.2) is 0 Å². The van der Waals surface area contributed by atoms with Crippen LogP contribution in [0.4, 0.5) is 0 Å². The molecule has 3 heterocycles. The fourth-order valence-corrected chi connectivity index (χ4v) is 6.69. The van der Waals surface area contributed by atoms with Gasteiger partial charge in [0.1, 0.15) is 0 Å². The fourth-order valence-electron chi connectivity index (χ4n) is 6.69. The average molecular weight is 536 g/mol. The molecule has 3 aliphatic heterocycles. The van der Waals surface area contributed by atoms with Crippen LogP contribution in [0.25, 0.3) is 0 Å². The zero-order valence-corrected chi connectivity index (χ0v) is 28.0. The van der Waals surface area contributed by atoms with Crippen molar-refractivity contribution in [2.24, 2.45) is 47.3 Å². The molecule has 4 rings (SSSR count). The molecule has 0 spiro atoms. The third-order valence-corrected chi connectivity index (χ3v) is 10.2. The number of hydrogen-bond donors (Lipinski definition) is 1. The molecule has 0 aromatic rings. The maximum Gasteiger partial charge on any atom is 0.000906 e. The van der Waals surface area contributed by atoms with Gasteiger partial charge in [0.2, 0.25) is 0 Å². The van der Waals surface area contributed by atoms with Crippen LogP contribution in [0.1, 0.15) is 126 Å². The fraction of sp³-hybridized carbons (Fsp3) is 1.00. The molecule has 3 nitrogen and oxygen atoms in total. The summed E-state index contributed by atoms with van der Waals surface area (Å²) in [6.45, 7) is 26.4. The van der Waals surface area contributed by atoms with E-state index < -0.39 is 0 Å². The number of piperidine rings is 3. The number of nitrogens with zero attached hydrogens (tertiary/aromatic N) is 2. The quantitative estimate of drug-likeness (QED) is 0.388. The topological polar surface area (TPSA) is 18.5 Å². The minimum atomic E-state index is 0.873. The molecular formula is C35H73N3. The third kappa shape index (κ3) is 16.2. The first kappa shape index (κ1) is 35.9. The highest BCUT2D eigenvalue weighted by atomic mass is 15.1. The van der Waals surface area contributed by atoms with Crippen molar-refractivity contribution >= 4 is 0 Å². The first-order chi connectivity index (χ1) is 18.0. The Bertz CT molecular complexity index is 501. The van der Waals surface area contributed by atoms with Gasteiger partial charge in [0, 0.05) is 6.54 Å². The van der Waals surface area contributed by atoms with E-state index in [4.69, 9.17) is 0 Å². The highest BCUT2D eigenvalue weighted by Crippen LogP contribution is 2.29. The Morgan fingerprint density at radius 2 is 0.947 bits per heavy atom. The van der Waals surface area contributed by atoms with Crippen LogP contribution < -0.4 is 5.32 Å². The lowest BCUT2D eigenvalue weighted by molar-refractivity contribution is 0.173. The van der Waals surface area contributed by atoms with Crippen LogP contribution in [-0.2, 0) is 0 Å². The van der Waals surface area contributed by atoms with Crippen molar-refractivity contribution < 1.29 is 0 Å². The second-order valence-corrected chi connectivity index (χ2v) is 14.8. The normalized spacial score (nSPS) is 26.4. The predicted octanol–water partition coefficient (Wildman–Crippen LogP) is 8.83. The molecule has 228 valence electrons. The molecule has 4 fully saturated rings. The Kier molecular flexibility index (Phi) is 19.6. The summed E-state index contributed by atoms with van der Waals surface area (Å²) in [5.74, 6) is 7.53. The van der Waals surface area contributed by atoms with Crippen LogP contribution in [0.3, 0.4) is 0 Å². The van der Waals surface area contributed by atoms with Crippen LogP contribution >= 0.6 is 0 Å². The zero-order valence-electron chi connectivity index (χ0n) is 28.0. The summed E-state index contributed by atoms with van der Waals surface area (Å²) < 4.78 is 0. The highest BCUT2D eigenvalue weighted by molar-refractivity contribution is 4.73. The van der Waals surface area contributed by atoms with Crippen molar-refractivity contribution in [3.8, 4) is 0 Å². The Hall–Kier alpha value is -0.120. The minimum absolute atomic E-state index is 0.873. The molecule has 3 heteroatoms. The third-order valence-electron chi connectivity index (χ3n) is 10.2. The van der Waals surface area contributed by atoms with Gasteiger partial charge in [-0.1, -0.05) is 87.5 Å². The van der Waals surface area contributed by atoms with E-state index in [9.17, 15) is 0 Å². The smallest absolute Gasteiger partial charge is 0.000906 e. The summed E-state index contributed by atoms with van der Waals surface area (Å²) in [7, 11) is 4.45. The Labute approximate surface area is 241 Å². The van der Waals surface area contributed by atoms with Gasteiger partial charge in [0.15, 0.2) is 0 Å².